The third-order valence-electron chi connectivity index (χ3n) is 7.91. The van der Waals surface area contributed by atoms with Crippen molar-refractivity contribution in [2.24, 2.45) is 5.41 Å². The highest BCUT2D eigenvalue weighted by molar-refractivity contribution is 7.07. The fourth-order valence-corrected chi connectivity index (χ4v) is 8.83. The van der Waals surface area contributed by atoms with Crippen LogP contribution in [0.3, 0.4) is 0 Å². The Morgan fingerprint density at radius 1 is 0.921 bits per heavy atom. The molecule has 0 unspecified atom stereocenters. The van der Waals surface area contributed by atoms with Crippen LogP contribution >= 0.6 is 0 Å². The zero-order chi connectivity index (χ0) is 28.3. The van der Waals surface area contributed by atoms with Crippen molar-refractivity contribution >= 4 is 35.3 Å². The second kappa shape index (κ2) is 9.23. The van der Waals surface area contributed by atoms with E-state index in [9.17, 15) is 14.5 Å². The molecule has 2 heterocycles. The van der Waals surface area contributed by atoms with Crippen LogP contribution in [0, 0.1) is 5.41 Å². The highest BCUT2D eigenvalue weighted by Gasteiger charge is 2.47. The van der Waals surface area contributed by atoms with E-state index in [4.69, 9.17) is 4.98 Å². The summed E-state index contributed by atoms with van der Waals surface area (Å²) < 4.78 is 49.5. The largest absolute Gasteiger partial charge is 0.394 e. The van der Waals surface area contributed by atoms with E-state index in [1.54, 1.807) is 18.3 Å². The average molecular weight is 531 g/mol. The minimum Gasteiger partial charge on any atom is -0.256 e. The predicted octanol–water partition coefficient (Wildman–Crippen LogP) is 9.16. The van der Waals surface area contributed by atoms with Crippen LogP contribution in [-0.2, 0) is 6.42 Å². The smallest absolute Gasteiger partial charge is 0.256 e. The first-order valence-corrected chi connectivity index (χ1v) is 16.1. The van der Waals surface area contributed by atoms with Gasteiger partial charge in [0.1, 0.15) is 8.07 Å². The van der Waals surface area contributed by atoms with Gasteiger partial charge in [-0.3, -0.25) is 4.98 Å². The Balaban J connectivity index is 1.58. The molecule has 196 valence electrons. The van der Waals surface area contributed by atoms with Gasteiger partial charge in [0, 0.05) is 11.8 Å². The molecule has 1 aliphatic heterocycles. The van der Waals surface area contributed by atoms with Crippen LogP contribution in [0.25, 0.3) is 33.3 Å². The molecule has 0 bridgehead atoms. The molecule has 3 aromatic carbocycles. The minimum absolute atomic E-state index is 0.0845. The Morgan fingerprint density at radius 3 is 2.26 bits per heavy atom. The summed E-state index contributed by atoms with van der Waals surface area (Å²) in [7, 11) is -2.38. The number of benzene rings is 3. The van der Waals surface area contributed by atoms with Gasteiger partial charge in [-0.1, -0.05) is 95.4 Å². The van der Waals surface area contributed by atoms with E-state index >= 15 is 0 Å². The Morgan fingerprint density at radius 2 is 1.61 bits per heavy atom. The maximum Gasteiger partial charge on any atom is 0.394 e. The molecule has 4 aromatic rings. The molecule has 1 aromatic heterocycles. The molecule has 0 radical (unpaired) electrons. The highest BCUT2D eigenvalue weighted by Crippen LogP contribution is 2.41. The molecule has 38 heavy (non-hydrogen) atoms. The van der Waals surface area contributed by atoms with Crippen molar-refractivity contribution in [2.75, 3.05) is 0 Å². The van der Waals surface area contributed by atoms with Gasteiger partial charge in [-0.15, -0.1) is 0 Å². The zero-order valence-corrected chi connectivity index (χ0v) is 23.8. The van der Waals surface area contributed by atoms with E-state index in [1.165, 1.54) is 30.2 Å². The number of halogens is 3. The Bertz CT molecular complexity index is 1600. The van der Waals surface area contributed by atoms with Gasteiger partial charge in [0.25, 0.3) is 0 Å². The van der Waals surface area contributed by atoms with Crippen LogP contribution in [0.1, 0.15) is 57.2 Å². The average Bonchev–Trinajstić information content (AvgIpc) is 3.08. The van der Waals surface area contributed by atoms with Gasteiger partial charge in [-0.25, -0.2) is 0 Å². The Kier molecular flexibility index (Phi) is 6.10. The van der Waals surface area contributed by atoms with Crippen LogP contribution in [0.4, 0.5) is 13.2 Å². The topological polar surface area (TPSA) is 12.9 Å². The molecule has 1 nitrogen and oxygen atoms in total. The highest BCUT2D eigenvalue weighted by atomic mass is 28.3. The number of alkyl halides is 3. The van der Waals surface area contributed by atoms with Crippen molar-refractivity contribution in [3.05, 3.63) is 95.2 Å². The molecule has 5 heteroatoms. The van der Waals surface area contributed by atoms with Crippen LogP contribution in [-0.4, -0.2) is 19.2 Å². The standard InChI is InChI=1S/C33H34F3NSi/c1-21(2)28-18-26(17-24-9-7-8-10-27(24)28)30-31-25(15-16-37-30)19-29(38(31,5)6)23-13-11-22(12-14-23)20-32(3,4)33(34,35)36/h7-19,21H,20H2,1-6H3/i19D. The fourth-order valence-electron chi connectivity index (χ4n) is 5.62. The summed E-state index contributed by atoms with van der Waals surface area (Å²) in [6, 6.07) is 22.7. The van der Waals surface area contributed by atoms with Crippen molar-refractivity contribution in [2.45, 2.75) is 59.3 Å². The molecule has 5 rings (SSSR count). The van der Waals surface area contributed by atoms with Crippen LogP contribution in [0.15, 0.2) is 72.9 Å². The van der Waals surface area contributed by atoms with E-state index in [1.807, 2.05) is 18.2 Å². The Labute approximate surface area is 225 Å². The second-order valence-corrected chi connectivity index (χ2v) is 16.2. The number of hydrogen-bond acceptors (Lipinski definition) is 1. The number of fused-ring (bicyclic) bond motifs is 2. The van der Waals surface area contributed by atoms with E-state index in [-0.39, 0.29) is 6.42 Å². The van der Waals surface area contributed by atoms with Gasteiger partial charge < -0.3 is 0 Å². The Hall–Kier alpha value is -3.18. The van der Waals surface area contributed by atoms with E-state index in [0.29, 0.717) is 17.5 Å². The van der Waals surface area contributed by atoms with Crippen LogP contribution in [0.2, 0.25) is 13.1 Å². The van der Waals surface area contributed by atoms with Crippen molar-refractivity contribution in [3.8, 4) is 11.3 Å². The summed E-state index contributed by atoms with van der Waals surface area (Å²) >= 11 is 0. The predicted molar refractivity (Wildman–Crippen MR) is 156 cm³/mol. The summed E-state index contributed by atoms with van der Waals surface area (Å²) in [6.07, 6.45) is -2.56. The minimum atomic E-state index is -4.27. The summed E-state index contributed by atoms with van der Waals surface area (Å²) in [4.78, 5) is 4.88. The lowest BCUT2D eigenvalue weighted by Gasteiger charge is -2.28. The fraction of sp³-hybridized carbons (Fsp3) is 0.303. The molecule has 0 amide bonds. The summed E-state index contributed by atoms with van der Waals surface area (Å²) in [5, 5.41) is 4.57. The van der Waals surface area contributed by atoms with Crippen LogP contribution in [0.5, 0.6) is 0 Å². The quantitative estimate of drug-likeness (QED) is 0.234. The maximum absolute atomic E-state index is 13.4. The summed E-state index contributed by atoms with van der Waals surface area (Å²) in [5.74, 6) is 0.345. The van der Waals surface area contributed by atoms with Gasteiger partial charge in [0.15, 0.2) is 0 Å². The lowest BCUT2D eigenvalue weighted by molar-refractivity contribution is -0.211. The first kappa shape index (κ1) is 25.1. The molecule has 0 saturated heterocycles. The number of nitrogens with zero attached hydrogens (tertiary/aromatic N) is 1. The second-order valence-electron chi connectivity index (χ2n) is 11.9. The van der Waals surface area contributed by atoms with E-state index < -0.39 is 19.7 Å². The third kappa shape index (κ3) is 4.51. The van der Waals surface area contributed by atoms with Crippen molar-refractivity contribution < 1.29 is 14.5 Å². The molecule has 0 spiro atoms. The normalized spacial score (nSPS) is 15.8. The molecular formula is C33H34F3NSi. The molecule has 0 N–H and O–H groups in total. The SMILES string of the molecule is [2H]C1=C(c2ccc(CC(C)(C)C(F)(F)F)cc2)[Si](C)(C)c2c1ccnc2-c1cc(C(C)C)c2ccccc2c1. The van der Waals surface area contributed by atoms with Crippen molar-refractivity contribution in [1.29, 1.82) is 0 Å². The molecule has 0 aliphatic carbocycles. The number of aromatic nitrogens is 1. The zero-order valence-electron chi connectivity index (χ0n) is 23.8. The van der Waals surface area contributed by atoms with E-state index in [2.05, 4.69) is 63.3 Å². The molecule has 0 fully saturated rings. The van der Waals surface area contributed by atoms with Crippen LogP contribution < -0.4 is 5.19 Å². The van der Waals surface area contributed by atoms with Crippen molar-refractivity contribution in [1.82, 2.24) is 4.98 Å². The van der Waals surface area contributed by atoms with Crippen molar-refractivity contribution in [3.63, 3.8) is 0 Å². The number of hydrogen-bond donors (Lipinski definition) is 0. The first-order valence-electron chi connectivity index (χ1n) is 13.6. The summed E-state index contributed by atoms with van der Waals surface area (Å²) in [5.41, 5.74) is 3.93. The summed E-state index contributed by atoms with van der Waals surface area (Å²) in [6.45, 7) is 11.4. The third-order valence-corrected chi connectivity index (χ3v) is 11.3. The number of pyridine rings is 1. The van der Waals surface area contributed by atoms with Gasteiger partial charge in [0.05, 0.1) is 12.5 Å². The first-order chi connectivity index (χ1) is 18.2. The lowest BCUT2D eigenvalue weighted by atomic mass is 9.85. The molecule has 1 aliphatic rings. The van der Waals surface area contributed by atoms with Gasteiger partial charge >= 0.3 is 6.18 Å². The lowest BCUT2D eigenvalue weighted by Crippen LogP contribution is -2.42. The maximum atomic E-state index is 13.4. The number of rotatable bonds is 5. The van der Waals surface area contributed by atoms with E-state index in [0.717, 1.165) is 32.8 Å². The van der Waals surface area contributed by atoms with Gasteiger partial charge in [-0.2, -0.15) is 13.2 Å². The molecular weight excluding hydrogens is 495 g/mol. The van der Waals surface area contributed by atoms with Gasteiger partial charge in [-0.05, 0) is 73.9 Å². The molecule has 0 atom stereocenters. The monoisotopic (exact) mass is 530 g/mol. The molecule has 0 saturated carbocycles. The van der Waals surface area contributed by atoms with Gasteiger partial charge in [0.2, 0.25) is 0 Å².